The van der Waals surface area contributed by atoms with Crippen molar-refractivity contribution in [1.29, 1.82) is 0 Å². The Labute approximate surface area is 108 Å². The second kappa shape index (κ2) is 6.40. The summed E-state index contributed by atoms with van der Waals surface area (Å²) in [6.45, 7) is 5.42. The summed E-state index contributed by atoms with van der Waals surface area (Å²) in [6.07, 6.45) is 0.931. The number of hydrogen-bond acceptors (Lipinski definition) is 3. The highest BCUT2D eigenvalue weighted by Crippen LogP contribution is 2.13. The van der Waals surface area contributed by atoms with Gasteiger partial charge < -0.3 is 15.2 Å². The van der Waals surface area contributed by atoms with Crippen LogP contribution in [0.3, 0.4) is 0 Å². The molecule has 2 N–H and O–H groups in total. The summed E-state index contributed by atoms with van der Waals surface area (Å²) in [4.78, 5) is 11.6. The lowest BCUT2D eigenvalue weighted by atomic mass is 10.1. The fourth-order valence-electron chi connectivity index (χ4n) is 1.46. The molecule has 18 heavy (non-hydrogen) atoms. The van der Waals surface area contributed by atoms with Crippen LogP contribution in [0.25, 0.3) is 0 Å². The molecular formula is C14H21NO3. The fraction of sp³-hybridized carbons (Fsp3) is 0.500. The zero-order valence-corrected chi connectivity index (χ0v) is 11.2. The third-order valence-corrected chi connectivity index (χ3v) is 2.55. The number of aliphatic hydroxyl groups excluding tert-OH is 1. The summed E-state index contributed by atoms with van der Waals surface area (Å²) in [5.74, 6) is 0.447. The molecule has 0 saturated heterocycles. The van der Waals surface area contributed by atoms with Crippen LogP contribution in [-0.2, 0) is 11.2 Å². The van der Waals surface area contributed by atoms with E-state index in [1.54, 1.807) is 13.8 Å². The standard InChI is InChI=1S/C14H21NO3/c1-4-11-6-5-7-12(8-11)18-9-13(17)15-14(2,3)10-16/h5-8,16H,4,9-10H2,1-3H3,(H,15,17). The van der Waals surface area contributed by atoms with Gasteiger partial charge in [-0.2, -0.15) is 0 Å². The van der Waals surface area contributed by atoms with E-state index in [2.05, 4.69) is 12.2 Å². The molecule has 0 aliphatic rings. The maximum absolute atomic E-state index is 11.6. The van der Waals surface area contributed by atoms with Crippen LogP contribution in [-0.4, -0.2) is 29.8 Å². The van der Waals surface area contributed by atoms with Crippen LogP contribution < -0.4 is 10.1 Å². The number of carbonyl (C=O) groups excluding carboxylic acids is 1. The molecule has 1 aromatic carbocycles. The highest BCUT2D eigenvalue weighted by molar-refractivity contribution is 5.78. The topological polar surface area (TPSA) is 58.6 Å². The predicted molar refractivity (Wildman–Crippen MR) is 70.6 cm³/mol. The molecule has 0 unspecified atom stereocenters. The summed E-state index contributed by atoms with van der Waals surface area (Å²) in [7, 11) is 0. The van der Waals surface area contributed by atoms with Gasteiger partial charge in [-0.05, 0) is 38.0 Å². The fourth-order valence-corrected chi connectivity index (χ4v) is 1.46. The van der Waals surface area contributed by atoms with E-state index in [4.69, 9.17) is 9.84 Å². The van der Waals surface area contributed by atoms with Crippen molar-refractivity contribution in [3.63, 3.8) is 0 Å². The molecule has 0 heterocycles. The smallest absolute Gasteiger partial charge is 0.258 e. The van der Waals surface area contributed by atoms with Gasteiger partial charge >= 0.3 is 0 Å². The Hall–Kier alpha value is -1.55. The minimum Gasteiger partial charge on any atom is -0.484 e. The van der Waals surface area contributed by atoms with Crippen molar-refractivity contribution in [2.24, 2.45) is 0 Å². The minimum atomic E-state index is -0.619. The maximum Gasteiger partial charge on any atom is 0.258 e. The third kappa shape index (κ3) is 4.75. The van der Waals surface area contributed by atoms with E-state index in [1.807, 2.05) is 24.3 Å². The normalized spacial score (nSPS) is 11.1. The van der Waals surface area contributed by atoms with Crippen LogP contribution in [0.15, 0.2) is 24.3 Å². The van der Waals surface area contributed by atoms with Crippen LogP contribution in [0, 0.1) is 0 Å². The minimum absolute atomic E-state index is 0.0450. The molecular weight excluding hydrogens is 230 g/mol. The van der Waals surface area contributed by atoms with Crippen molar-refractivity contribution in [3.05, 3.63) is 29.8 Å². The monoisotopic (exact) mass is 251 g/mol. The summed E-state index contributed by atoms with van der Waals surface area (Å²) < 4.78 is 5.41. The highest BCUT2D eigenvalue weighted by Gasteiger charge is 2.19. The first kappa shape index (κ1) is 14.5. The SMILES string of the molecule is CCc1cccc(OCC(=O)NC(C)(C)CO)c1. The molecule has 1 aromatic rings. The van der Waals surface area contributed by atoms with Gasteiger partial charge in [-0.15, -0.1) is 0 Å². The Balaban J connectivity index is 2.47. The molecule has 0 aromatic heterocycles. The first-order valence-corrected chi connectivity index (χ1v) is 6.10. The number of amides is 1. The average Bonchev–Trinajstić information content (AvgIpc) is 2.36. The summed E-state index contributed by atoms with van der Waals surface area (Å²) in [5, 5.41) is 11.7. The zero-order chi connectivity index (χ0) is 13.6. The van der Waals surface area contributed by atoms with Crippen LogP contribution in [0.5, 0.6) is 5.75 Å². The van der Waals surface area contributed by atoms with E-state index in [0.29, 0.717) is 5.75 Å². The van der Waals surface area contributed by atoms with Crippen LogP contribution in [0.1, 0.15) is 26.3 Å². The van der Waals surface area contributed by atoms with Gasteiger partial charge in [0, 0.05) is 0 Å². The summed E-state index contributed by atoms with van der Waals surface area (Å²) in [5.41, 5.74) is 0.551. The van der Waals surface area contributed by atoms with Gasteiger partial charge in [0.2, 0.25) is 0 Å². The molecule has 0 atom stereocenters. The van der Waals surface area contributed by atoms with E-state index in [0.717, 1.165) is 6.42 Å². The number of hydrogen-bond donors (Lipinski definition) is 2. The van der Waals surface area contributed by atoms with Gasteiger partial charge in [-0.25, -0.2) is 0 Å². The number of nitrogens with one attached hydrogen (secondary N) is 1. The van der Waals surface area contributed by atoms with Crippen molar-refractivity contribution in [3.8, 4) is 5.75 Å². The van der Waals surface area contributed by atoms with Crippen molar-refractivity contribution in [1.82, 2.24) is 5.32 Å². The van der Waals surface area contributed by atoms with Crippen molar-refractivity contribution in [2.45, 2.75) is 32.7 Å². The predicted octanol–water partition coefficient (Wildman–Crippen LogP) is 1.51. The first-order valence-electron chi connectivity index (χ1n) is 6.10. The first-order chi connectivity index (χ1) is 8.46. The molecule has 0 fully saturated rings. The second-order valence-corrected chi connectivity index (χ2v) is 4.88. The van der Waals surface area contributed by atoms with Crippen molar-refractivity contribution < 1.29 is 14.6 Å². The number of carbonyl (C=O) groups is 1. The van der Waals surface area contributed by atoms with Crippen LogP contribution >= 0.6 is 0 Å². The lowest BCUT2D eigenvalue weighted by Gasteiger charge is -2.23. The summed E-state index contributed by atoms with van der Waals surface area (Å²) in [6, 6.07) is 7.67. The number of ether oxygens (including phenoxy) is 1. The average molecular weight is 251 g/mol. The van der Waals surface area contributed by atoms with E-state index in [9.17, 15) is 4.79 Å². The van der Waals surface area contributed by atoms with Crippen LogP contribution in [0.2, 0.25) is 0 Å². The third-order valence-electron chi connectivity index (χ3n) is 2.55. The number of aryl methyl sites for hydroxylation is 1. The Bertz CT molecular complexity index is 402. The number of rotatable bonds is 6. The summed E-state index contributed by atoms with van der Waals surface area (Å²) >= 11 is 0. The highest BCUT2D eigenvalue weighted by atomic mass is 16.5. The van der Waals surface area contributed by atoms with E-state index in [-0.39, 0.29) is 19.1 Å². The Kier molecular flexibility index (Phi) is 5.16. The zero-order valence-electron chi connectivity index (χ0n) is 11.2. The van der Waals surface area contributed by atoms with Gasteiger partial charge in [-0.1, -0.05) is 19.1 Å². The molecule has 0 bridgehead atoms. The molecule has 0 aliphatic heterocycles. The van der Waals surface area contributed by atoms with Crippen molar-refractivity contribution >= 4 is 5.91 Å². The lowest BCUT2D eigenvalue weighted by Crippen LogP contribution is -2.48. The second-order valence-electron chi connectivity index (χ2n) is 4.88. The van der Waals surface area contributed by atoms with Gasteiger partial charge in [-0.3, -0.25) is 4.79 Å². The van der Waals surface area contributed by atoms with Gasteiger partial charge in [0.05, 0.1) is 12.1 Å². The van der Waals surface area contributed by atoms with E-state index in [1.165, 1.54) is 5.56 Å². The number of benzene rings is 1. The van der Waals surface area contributed by atoms with Gasteiger partial charge in [0.15, 0.2) is 6.61 Å². The molecule has 4 heteroatoms. The number of aliphatic hydroxyl groups is 1. The van der Waals surface area contributed by atoms with Crippen molar-refractivity contribution in [2.75, 3.05) is 13.2 Å². The largest absolute Gasteiger partial charge is 0.484 e. The van der Waals surface area contributed by atoms with Crippen LogP contribution in [0.4, 0.5) is 0 Å². The molecule has 0 spiro atoms. The Morgan fingerprint density at radius 2 is 2.17 bits per heavy atom. The lowest BCUT2D eigenvalue weighted by molar-refractivity contribution is -0.125. The molecule has 0 radical (unpaired) electrons. The van der Waals surface area contributed by atoms with Gasteiger partial charge in [0.25, 0.3) is 5.91 Å². The molecule has 100 valence electrons. The molecule has 1 amide bonds. The molecule has 0 aliphatic carbocycles. The quantitative estimate of drug-likeness (QED) is 0.806. The molecule has 0 saturated carbocycles. The molecule has 1 rings (SSSR count). The molecule has 4 nitrogen and oxygen atoms in total. The maximum atomic E-state index is 11.6. The van der Waals surface area contributed by atoms with Gasteiger partial charge in [0.1, 0.15) is 5.75 Å². The Morgan fingerprint density at radius 3 is 2.78 bits per heavy atom. The van der Waals surface area contributed by atoms with E-state index >= 15 is 0 Å². The van der Waals surface area contributed by atoms with E-state index < -0.39 is 5.54 Å². The Morgan fingerprint density at radius 1 is 1.44 bits per heavy atom.